The van der Waals surface area contributed by atoms with Crippen molar-refractivity contribution in [2.24, 2.45) is 13.0 Å². The highest BCUT2D eigenvalue weighted by atomic mass is 16.3. The zero-order valence-electron chi connectivity index (χ0n) is 13.7. The van der Waals surface area contributed by atoms with E-state index in [1.165, 1.54) is 11.1 Å². The maximum atomic E-state index is 9.67. The summed E-state index contributed by atoms with van der Waals surface area (Å²) in [5, 5.41) is 13.9. The minimum atomic E-state index is 0.246. The van der Waals surface area contributed by atoms with E-state index in [0.717, 1.165) is 26.1 Å². The molecule has 1 aliphatic rings. The van der Waals surface area contributed by atoms with Crippen molar-refractivity contribution >= 4 is 6.08 Å². The maximum absolute atomic E-state index is 9.67. The highest BCUT2D eigenvalue weighted by molar-refractivity contribution is 5.48. The second-order valence-corrected chi connectivity index (χ2v) is 6.36. The van der Waals surface area contributed by atoms with Gasteiger partial charge in [0, 0.05) is 51.3 Å². The minimum Gasteiger partial charge on any atom is -0.396 e. The summed E-state index contributed by atoms with van der Waals surface area (Å²) < 4.78 is 1.84. The standard InChI is InChI=1S/C19H25N3O/c1-21-12-17(11-20-21)19-14-22(13-18(19)15-23)10-6-5-9-16-7-3-2-4-8-16/h2-5,7-9,11-12,18-19,23H,6,10,13-15H2,1H3/b9-5+/t18-,19-/m0/s1. The fourth-order valence-corrected chi connectivity index (χ4v) is 3.38. The molecule has 122 valence electrons. The molecule has 2 atom stereocenters. The average Bonchev–Trinajstić information content (AvgIpc) is 3.18. The Hall–Kier alpha value is -1.91. The lowest BCUT2D eigenvalue weighted by atomic mass is 9.92. The third-order valence-corrected chi connectivity index (χ3v) is 4.63. The van der Waals surface area contributed by atoms with Gasteiger partial charge in [0.15, 0.2) is 0 Å². The fourth-order valence-electron chi connectivity index (χ4n) is 3.38. The topological polar surface area (TPSA) is 41.3 Å². The molecule has 2 aromatic rings. The molecule has 0 aliphatic carbocycles. The van der Waals surface area contributed by atoms with Crippen molar-refractivity contribution in [3.05, 3.63) is 59.9 Å². The molecule has 23 heavy (non-hydrogen) atoms. The van der Waals surface area contributed by atoms with E-state index in [1.807, 2.05) is 24.0 Å². The Labute approximate surface area is 138 Å². The fraction of sp³-hybridized carbons (Fsp3) is 0.421. The van der Waals surface area contributed by atoms with E-state index in [-0.39, 0.29) is 6.61 Å². The number of aliphatic hydroxyl groups excluding tert-OH is 1. The number of hydrogen-bond donors (Lipinski definition) is 1. The number of hydrogen-bond acceptors (Lipinski definition) is 3. The Morgan fingerprint density at radius 1 is 1.26 bits per heavy atom. The van der Waals surface area contributed by atoms with Gasteiger partial charge in [-0.15, -0.1) is 0 Å². The van der Waals surface area contributed by atoms with E-state index in [0.29, 0.717) is 11.8 Å². The van der Waals surface area contributed by atoms with Gasteiger partial charge < -0.3 is 10.0 Å². The molecule has 1 aliphatic heterocycles. The molecule has 0 saturated carbocycles. The highest BCUT2D eigenvalue weighted by Crippen LogP contribution is 2.32. The van der Waals surface area contributed by atoms with Crippen LogP contribution in [-0.2, 0) is 7.05 Å². The molecule has 4 nitrogen and oxygen atoms in total. The van der Waals surface area contributed by atoms with Crippen molar-refractivity contribution in [1.29, 1.82) is 0 Å². The smallest absolute Gasteiger partial charge is 0.0525 e. The van der Waals surface area contributed by atoms with Gasteiger partial charge in [0.25, 0.3) is 0 Å². The van der Waals surface area contributed by atoms with Gasteiger partial charge >= 0.3 is 0 Å². The van der Waals surface area contributed by atoms with Crippen molar-refractivity contribution < 1.29 is 5.11 Å². The van der Waals surface area contributed by atoms with Gasteiger partial charge in [0.05, 0.1) is 6.20 Å². The molecule has 1 aromatic heterocycles. The van der Waals surface area contributed by atoms with E-state index in [1.54, 1.807) is 0 Å². The van der Waals surface area contributed by atoms with Crippen LogP contribution < -0.4 is 0 Å². The van der Waals surface area contributed by atoms with E-state index < -0.39 is 0 Å². The Balaban J connectivity index is 1.52. The van der Waals surface area contributed by atoms with Crippen LogP contribution in [0.3, 0.4) is 0 Å². The lowest BCUT2D eigenvalue weighted by Crippen LogP contribution is -2.22. The Bertz CT molecular complexity index is 635. The second-order valence-electron chi connectivity index (χ2n) is 6.36. The molecule has 0 amide bonds. The zero-order chi connectivity index (χ0) is 16.1. The van der Waals surface area contributed by atoms with Crippen LogP contribution in [0.15, 0.2) is 48.8 Å². The van der Waals surface area contributed by atoms with Crippen LogP contribution >= 0.6 is 0 Å². The molecule has 0 radical (unpaired) electrons. The molecule has 0 unspecified atom stereocenters. The van der Waals surface area contributed by atoms with Crippen LogP contribution in [0.1, 0.15) is 23.5 Å². The summed E-state index contributed by atoms with van der Waals surface area (Å²) in [6, 6.07) is 10.4. The first kappa shape index (κ1) is 16.0. The summed E-state index contributed by atoms with van der Waals surface area (Å²) in [5.74, 6) is 0.712. The number of likely N-dealkylation sites (tertiary alicyclic amines) is 1. The SMILES string of the molecule is Cn1cc([C@@H]2CN(CC/C=C/c3ccccc3)C[C@H]2CO)cn1. The first-order valence-electron chi connectivity index (χ1n) is 8.29. The van der Waals surface area contributed by atoms with Gasteiger partial charge in [0.1, 0.15) is 0 Å². The van der Waals surface area contributed by atoms with Gasteiger partial charge in [-0.05, 0) is 17.5 Å². The van der Waals surface area contributed by atoms with Crippen molar-refractivity contribution in [3.63, 3.8) is 0 Å². The quantitative estimate of drug-likeness (QED) is 0.891. The molecular formula is C19H25N3O. The largest absolute Gasteiger partial charge is 0.396 e. The van der Waals surface area contributed by atoms with Gasteiger partial charge in [-0.25, -0.2) is 0 Å². The first-order valence-corrected chi connectivity index (χ1v) is 8.29. The van der Waals surface area contributed by atoms with E-state index in [4.69, 9.17) is 0 Å². The predicted octanol–water partition coefficient (Wildman–Crippen LogP) is 2.53. The van der Waals surface area contributed by atoms with Crippen molar-refractivity contribution in [3.8, 4) is 0 Å². The zero-order valence-corrected chi connectivity index (χ0v) is 13.7. The van der Waals surface area contributed by atoms with Crippen LogP contribution in [0.5, 0.6) is 0 Å². The third-order valence-electron chi connectivity index (χ3n) is 4.63. The molecule has 3 rings (SSSR count). The van der Waals surface area contributed by atoms with Gasteiger partial charge in [-0.1, -0.05) is 42.5 Å². The summed E-state index contributed by atoms with van der Waals surface area (Å²) in [4.78, 5) is 2.45. The summed E-state index contributed by atoms with van der Waals surface area (Å²) >= 11 is 0. The van der Waals surface area contributed by atoms with E-state index >= 15 is 0 Å². The number of nitrogens with zero attached hydrogens (tertiary/aromatic N) is 3. The number of aryl methyl sites for hydroxylation is 1. The molecular weight excluding hydrogens is 286 g/mol. The lowest BCUT2D eigenvalue weighted by Gasteiger charge is -2.14. The molecule has 1 fully saturated rings. The van der Waals surface area contributed by atoms with Gasteiger partial charge in [-0.3, -0.25) is 4.68 Å². The number of aliphatic hydroxyl groups is 1. The van der Waals surface area contributed by atoms with Gasteiger partial charge in [0.2, 0.25) is 0 Å². The molecule has 0 bridgehead atoms. The molecule has 2 heterocycles. The Morgan fingerprint density at radius 3 is 2.78 bits per heavy atom. The monoisotopic (exact) mass is 311 g/mol. The molecule has 4 heteroatoms. The first-order chi connectivity index (χ1) is 11.3. The Morgan fingerprint density at radius 2 is 2.09 bits per heavy atom. The van der Waals surface area contributed by atoms with E-state index in [2.05, 4.69) is 52.6 Å². The lowest BCUT2D eigenvalue weighted by molar-refractivity contribution is 0.215. The molecule has 1 aromatic carbocycles. The average molecular weight is 311 g/mol. The minimum absolute atomic E-state index is 0.246. The number of benzene rings is 1. The number of rotatable bonds is 6. The normalized spacial score (nSPS) is 22.2. The van der Waals surface area contributed by atoms with E-state index in [9.17, 15) is 5.11 Å². The highest BCUT2D eigenvalue weighted by Gasteiger charge is 2.33. The summed E-state index contributed by atoms with van der Waals surface area (Å²) in [7, 11) is 1.94. The maximum Gasteiger partial charge on any atom is 0.0525 e. The molecule has 1 saturated heterocycles. The Kier molecular flexibility index (Phi) is 5.26. The second kappa shape index (κ2) is 7.57. The van der Waals surface area contributed by atoms with Crippen molar-refractivity contribution in [1.82, 2.24) is 14.7 Å². The van der Waals surface area contributed by atoms with Crippen LogP contribution in [0.2, 0.25) is 0 Å². The van der Waals surface area contributed by atoms with Crippen LogP contribution in [-0.4, -0.2) is 46.0 Å². The van der Waals surface area contributed by atoms with Crippen molar-refractivity contribution in [2.45, 2.75) is 12.3 Å². The summed E-state index contributed by atoms with van der Waals surface area (Å²) in [6.45, 7) is 3.26. The molecule has 1 N–H and O–H groups in total. The summed E-state index contributed by atoms with van der Waals surface area (Å²) in [5.41, 5.74) is 2.49. The third kappa shape index (κ3) is 4.09. The number of aromatic nitrogens is 2. The van der Waals surface area contributed by atoms with Crippen LogP contribution in [0.25, 0.3) is 6.08 Å². The predicted molar refractivity (Wildman–Crippen MR) is 93.1 cm³/mol. The molecule has 0 spiro atoms. The summed E-state index contributed by atoms with van der Waals surface area (Å²) in [6.07, 6.45) is 9.46. The van der Waals surface area contributed by atoms with Gasteiger partial charge in [-0.2, -0.15) is 5.10 Å². The van der Waals surface area contributed by atoms with Crippen molar-refractivity contribution in [2.75, 3.05) is 26.2 Å². The van der Waals surface area contributed by atoms with Crippen LogP contribution in [0.4, 0.5) is 0 Å². The van der Waals surface area contributed by atoms with Crippen LogP contribution in [0, 0.1) is 5.92 Å².